The van der Waals surface area contributed by atoms with Crippen LogP contribution in [0.1, 0.15) is 12.0 Å². The number of hydrogen-bond donors (Lipinski definition) is 1. The van der Waals surface area contributed by atoms with Crippen molar-refractivity contribution in [1.29, 1.82) is 0 Å². The molecule has 5 nitrogen and oxygen atoms in total. The molecule has 1 aromatic rings. The largest absolute Gasteiger partial charge is 0.490 e. The zero-order valence-corrected chi connectivity index (χ0v) is 12.5. The van der Waals surface area contributed by atoms with Crippen LogP contribution in [0.25, 0.3) is 0 Å². The first-order valence-electron chi connectivity index (χ1n) is 7.80. The van der Waals surface area contributed by atoms with Crippen LogP contribution in [0.5, 0.6) is 11.5 Å². The summed E-state index contributed by atoms with van der Waals surface area (Å²) in [7, 11) is 0. The average Bonchev–Trinajstić information content (AvgIpc) is 2.76. The van der Waals surface area contributed by atoms with Crippen molar-refractivity contribution in [3.63, 3.8) is 0 Å². The number of rotatable bonds is 4. The molecule has 1 fully saturated rings. The summed E-state index contributed by atoms with van der Waals surface area (Å²) in [4.78, 5) is 4.75. The van der Waals surface area contributed by atoms with E-state index in [1.165, 1.54) is 5.56 Å². The maximum absolute atomic E-state index is 8.99. The van der Waals surface area contributed by atoms with E-state index in [1.54, 1.807) is 0 Å². The first-order chi connectivity index (χ1) is 10.4. The van der Waals surface area contributed by atoms with Crippen LogP contribution in [0, 0.1) is 0 Å². The lowest BCUT2D eigenvalue weighted by atomic mass is 10.1. The molecule has 116 valence electrons. The standard InChI is InChI=1S/C16H24N2O3/c19-10-9-17-5-7-18(8-6-17)13-14-3-1-4-15-16(14)21-12-2-11-20-15/h1,3-4,19H,2,5-13H2. The van der Waals surface area contributed by atoms with E-state index in [1.807, 2.05) is 12.1 Å². The molecule has 5 heteroatoms. The molecule has 1 aromatic carbocycles. The Morgan fingerprint density at radius 1 is 1.00 bits per heavy atom. The SMILES string of the molecule is OCCN1CCN(Cc2cccc3c2OCCCO3)CC1. The van der Waals surface area contributed by atoms with Crippen molar-refractivity contribution < 1.29 is 14.6 Å². The van der Waals surface area contributed by atoms with Crippen molar-refractivity contribution in [3.8, 4) is 11.5 Å². The maximum Gasteiger partial charge on any atom is 0.165 e. The van der Waals surface area contributed by atoms with Crippen molar-refractivity contribution in [2.45, 2.75) is 13.0 Å². The molecule has 0 amide bonds. The first-order valence-corrected chi connectivity index (χ1v) is 7.80. The summed E-state index contributed by atoms with van der Waals surface area (Å²) < 4.78 is 11.6. The van der Waals surface area contributed by atoms with Gasteiger partial charge in [0.1, 0.15) is 0 Å². The predicted molar refractivity (Wildman–Crippen MR) is 80.9 cm³/mol. The molecule has 2 aliphatic rings. The van der Waals surface area contributed by atoms with Gasteiger partial charge in [0.25, 0.3) is 0 Å². The predicted octanol–water partition coefficient (Wildman–Crippen LogP) is 0.958. The molecule has 0 aromatic heterocycles. The number of hydrogen-bond acceptors (Lipinski definition) is 5. The Labute approximate surface area is 126 Å². The van der Waals surface area contributed by atoms with E-state index in [2.05, 4.69) is 15.9 Å². The minimum Gasteiger partial charge on any atom is -0.490 e. The molecule has 1 saturated heterocycles. The van der Waals surface area contributed by atoms with Crippen LogP contribution in [0.2, 0.25) is 0 Å². The fraction of sp³-hybridized carbons (Fsp3) is 0.625. The Morgan fingerprint density at radius 2 is 1.76 bits per heavy atom. The van der Waals surface area contributed by atoms with E-state index >= 15 is 0 Å². The molecule has 3 rings (SSSR count). The lowest BCUT2D eigenvalue weighted by molar-refractivity contribution is 0.108. The van der Waals surface area contributed by atoms with Gasteiger partial charge >= 0.3 is 0 Å². The third-order valence-corrected chi connectivity index (χ3v) is 4.13. The number of fused-ring (bicyclic) bond motifs is 1. The Morgan fingerprint density at radius 3 is 2.57 bits per heavy atom. The van der Waals surface area contributed by atoms with E-state index < -0.39 is 0 Å². The Kier molecular flexibility index (Phi) is 4.95. The summed E-state index contributed by atoms with van der Waals surface area (Å²) in [6, 6.07) is 6.17. The molecule has 0 spiro atoms. The molecule has 0 unspecified atom stereocenters. The quantitative estimate of drug-likeness (QED) is 0.895. The Bertz CT molecular complexity index is 459. The van der Waals surface area contributed by atoms with Crippen molar-refractivity contribution in [3.05, 3.63) is 23.8 Å². The van der Waals surface area contributed by atoms with Crippen LogP contribution >= 0.6 is 0 Å². The van der Waals surface area contributed by atoms with Gasteiger partial charge in [0.2, 0.25) is 0 Å². The third kappa shape index (κ3) is 3.67. The molecular formula is C16H24N2O3. The highest BCUT2D eigenvalue weighted by atomic mass is 16.5. The van der Waals surface area contributed by atoms with Gasteiger partial charge < -0.3 is 14.6 Å². The van der Waals surface area contributed by atoms with Gasteiger partial charge in [0, 0.05) is 51.3 Å². The number of benzene rings is 1. The summed E-state index contributed by atoms with van der Waals surface area (Å²) in [6.45, 7) is 7.50. The molecular weight excluding hydrogens is 268 g/mol. The number of ether oxygens (including phenoxy) is 2. The molecule has 0 radical (unpaired) electrons. The third-order valence-electron chi connectivity index (χ3n) is 4.13. The van der Waals surface area contributed by atoms with Crippen molar-refractivity contribution in [1.82, 2.24) is 9.80 Å². The summed E-state index contributed by atoms with van der Waals surface area (Å²) >= 11 is 0. The zero-order valence-electron chi connectivity index (χ0n) is 12.5. The second-order valence-corrected chi connectivity index (χ2v) is 5.64. The van der Waals surface area contributed by atoms with Gasteiger partial charge in [-0.1, -0.05) is 12.1 Å². The van der Waals surface area contributed by atoms with Crippen LogP contribution in [0.3, 0.4) is 0 Å². The minimum atomic E-state index is 0.247. The van der Waals surface area contributed by atoms with Gasteiger partial charge in [-0.25, -0.2) is 0 Å². The maximum atomic E-state index is 8.99. The molecule has 2 aliphatic heterocycles. The number of aliphatic hydroxyl groups excluding tert-OH is 1. The van der Waals surface area contributed by atoms with Gasteiger partial charge in [-0.3, -0.25) is 9.80 Å². The van der Waals surface area contributed by atoms with E-state index in [9.17, 15) is 0 Å². The fourth-order valence-corrected chi connectivity index (χ4v) is 2.93. The first kappa shape index (κ1) is 14.6. The highest BCUT2D eigenvalue weighted by Gasteiger charge is 2.20. The van der Waals surface area contributed by atoms with Gasteiger partial charge in [0.05, 0.1) is 19.8 Å². The topological polar surface area (TPSA) is 45.2 Å². The number of aliphatic hydroxyl groups is 1. The summed E-state index contributed by atoms with van der Waals surface area (Å²) in [6.07, 6.45) is 0.938. The second-order valence-electron chi connectivity index (χ2n) is 5.64. The van der Waals surface area contributed by atoms with E-state index in [0.29, 0.717) is 0 Å². The van der Waals surface area contributed by atoms with E-state index in [4.69, 9.17) is 14.6 Å². The van der Waals surface area contributed by atoms with Gasteiger partial charge in [0.15, 0.2) is 11.5 Å². The van der Waals surface area contributed by atoms with Crippen LogP contribution in [0.15, 0.2) is 18.2 Å². The minimum absolute atomic E-state index is 0.247. The highest BCUT2D eigenvalue weighted by molar-refractivity contribution is 5.47. The van der Waals surface area contributed by atoms with E-state index in [-0.39, 0.29) is 6.61 Å². The zero-order chi connectivity index (χ0) is 14.5. The van der Waals surface area contributed by atoms with Gasteiger partial charge in [-0.15, -0.1) is 0 Å². The van der Waals surface area contributed by atoms with Gasteiger partial charge in [-0.05, 0) is 6.07 Å². The summed E-state index contributed by atoms with van der Waals surface area (Å²) in [5.41, 5.74) is 1.21. The number of para-hydroxylation sites is 1. The molecule has 1 N–H and O–H groups in total. The van der Waals surface area contributed by atoms with Crippen LogP contribution < -0.4 is 9.47 Å². The second kappa shape index (κ2) is 7.11. The van der Waals surface area contributed by atoms with Crippen LogP contribution in [0.4, 0.5) is 0 Å². The number of β-amino-alcohol motifs (C(OH)–C–C–N with tert-alkyl or cyclic N) is 1. The van der Waals surface area contributed by atoms with Gasteiger partial charge in [-0.2, -0.15) is 0 Å². The lowest BCUT2D eigenvalue weighted by Gasteiger charge is -2.34. The molecule has 0 bridgehead atoms. The molecule has 0 atom stereocenters. The average molecular weight is 292 g/mol. The van der Waals surface area contributed by atoms with Crippen LogP contribution in [-0.2, 0) is 6.54 Å². The van der Waals surface area contributed by atoms with E-state index in [0.717, 1.165) is 70.4 Å². The molecule has 2 heterocycles. The number of piperazine rings is 1. The van der Waals surface area contributed by atoms with Crippen LogP contribution in [-0.4, -0.2) is 67.5 Å². The van der Waals surface area contributed by atoms with Crippen molar-refractivity contribution >= 4 is 0 Å². The fourth-order valence-electron chi connectivity index (χ4n) is 2.93. The molecule has 0 aliphatic carbocycles. The monoisotopic (exact) mass is 292 g/mol. The summed E-state index contributed by atoms with van der Waals surface area (Å²) in [5, 5.41) is 8.99. The Balaban J connectivity index is 1.63. The highest BCUT2D eigenvalue weighted by Crippen LogP contribution is 2.34. The normalized spacial score (nSPS) is 20.2. The molecule has 0 saturated carbocycles. The Hall–Kier alpha value is -1.30. The summed E-state index contributed by atoms with van der Waals surface area (Å²) in [5.74, 6) is 1.80. The molecule has 21 heavy (non-hydrogen) atoms. The van der Waals surface area contributed by atoms with Crippen molar-refractivity contribution in [2.24, 2.45) is 0 Å². The number of nitrogens with zero attached hydrogens (tertiary/aromatic N) is 2. The van der Waals surface area contributed by atoms with Crippen molar-refractivity contribution in [2.75, 3.05) is 52.5 Å². The lowest BCUT2D eigenvalue weighted by Crippen LogP contribution is -2.46. The smallest absolute Gasteiger partial charge is 0.165 e.